The molecular weight excluding hydrogens is 342 g/mol. The Bertz CT molecular complexity index is 713. The van der Waals surface area contributed by atoms with Crippen LogP contribution in [0, 0.1) is 0 Å². The van der Waals surface area contributed by atoms with Crippen molar-refractivity contribution in [2.75, 3.05) is 13.7 Å². The van der Waals surface area contributed by atoms with Crippen molar-refractivity contribution in [3.05, 3.63) is 54.1 Å². The number of hydrogen-bond acceptors (Lipinski definition) is 4. The van der Waals surface area contributed by atoms with E-state index in [0.717, 1.165) is 24.3 Å². The lowest BCUT2D eigenvalue weighted by Crippen LogP contribution is -2.36. The van der Waals surface area contributed by atoms with E-state index in [9.17, 15) is 4.79 Å². The van der Waals surface area contributed by atoms with Gasteiger partial charge in [0.1, 0.15) is 17.2 Å². The largest absolute Gasteiger partial charge is 0.497 e. The molecule has 5 nitrogen and oxygen atoms in total. The van der Waals surface area contributed by atoms with Crippen LogP contribution < -0.4 is 19.5 Å². The second-order valence-electron chi connectivity index (χ2n) is 6.64. The normalized spacial score (nSPS) is 11.7. The van der Waals surface area contributed by atoms with Crippen molar-refractivity contribution in [2.45, 2.75) is 45.8 Å². The van der Waals surface area contributed by atoms with Gasteiger partial charge in [-0.2, -0.15) is 0 Å². The van der Waals surface area contributed by atoms with Crippen LogP contribution in [-0.4, -0.2) is 31.8 Å². The first-order chi connectivity index (χ1) is 13.0. The number of methoxy groups -OCH3 is 1. The van der Waals surface area contributed by atoms with E-state index in [-0.39, 0.29) is 12.0 Å². The van der Waals surface area contributed by atoms with Crippen molar-refractivity contribution in [3.63, 3.8) is 0 Å². The number of hydrogen-bond donors (Lipinski definition) is 1. The van der Waals surface area contributed by atoms with E-state index in [1.54, 1.807) is 38.3 Å². The van der Waals surface area contributed by atoms with Crippen molar-refractivity contribution >= 4 is 5.91 Å². The highest BCUT2D eigenvalue weighted by Gasteiger charge is 2.14. The van der Waals surface area contributed by atoms with Gasteiger partial charge in [-0.1, -0.05) is 12.1 Å². The zero-order valence-corrected chi connectivity index (χ0v) is 16.5. The summed E-state index contributed by atoms with van der Waals surface area (Å²) < 4.78 is 16.5. The Kier molecular flexibility index (Phi) is 7.99. The Morgan fingerprint density at radius 2 is 1.67 bits per heavy atom. The van der Waals surface area contributed by atoms with E-state index in [2.05, 4.69) is 17.4 Å². The molecule has 1 amide bonds. The molecule has 2 aromatic carbocycles. The van der Waals surface area contributed by atoms with Gasteiger partial charge < -0.3 is 19.5 Å². The molecule has 0 aliphatic rings. The molecule has 0 radical (unpaired) electrons. The second kappa shape index (κ2) is 10.5. The van der Waals surface area contributed by atoms with Crippen LogP contribution in [0.3, 0.4) is 0 Å². The summed E-state index contributed by atoms with van der Waals surface area (Å²) in [7, 11) is 1.61. The van der Waals surface area contributed by atoms with Gasteiger partial charge in [-0.15, -0.1) is 0 Å². The molecule has 0 aromatic heterocycles. The molecular formula is C22H29NO4. The fourth-order valence-corrected chi connectivity index (χ4v) is 2.61. The molecule has 0 aliphatic carbocycles. The van der Waals surface area contributed by atoms with Crippen LogP contribution >= 0.6 is 0 Å². The molecule has 1 atom stereocenters. The summed E-state index contributed by atoms with van der Waals surface area (Å²) in [6.45, 7) is 6.37. The summed E-state index contributed by atoms with van der Waals surface area (Å²) in [6.07, 6.45) is 1.34. The van der Waals surface area contributed by atoms with E-state index in [1.807, 2.05) is 26.0 Å². The highest BCUT2D eigenvalue weighted by Crippen LogP contribution is 2.18. The molecule has 2 aromatic rings. The number of amides is 1. The summed E-state index contributed by atoms with van der Waals surface area (Å²) in [4.78, 5) is 12.2. The van der Waals surface area contributed by atoms with Crippen molar-refractivity contribution < 1.29 is 19.0 Å². The van der Waals surface area contributed by atoms with E-state index < -0.39 is 6.10 Å². The molecule has 2 rings (SSSR count). The minimum absolute atomic E-state index is 0.122. The molecule has 0 saturated carbocycles. The van der Waals surface area contributed by atoms with Gasteiger partial charge in [-0.05, 0) is 75.6 Å². The van der Waals surface area contributed by atoms with E-state index in [4.69, 9.17) is 14.2 Å². The minimum Gasteiger partial charge on any atom is -0.497 e. The SMILES string of the molecule is COc1ccc(O[C@@H](C)C(=O)NCCCc2cccc(OC(C)C)c2)cc1. The number of aryl methyl sites for hydroxylation is 1. The smallest absolute Gasteiger partial charge is 0.260 e. The highest BCUT2D eigenvalue weighted by atomic mass is 16.5. The second-order valence-corrected chi connectivity index (χ2v) is 6.64. The number of carbonyl (C=O) groups is 1. The monoisotopic (exact) mass is 371 g/mol. The first-order valence-corrected chi connectivity index (χ1v) is 9.32. The summed E-state index contributed by atoms with van der Waals surface area (Å²) in [5.41, 5.74) is 1.20. The first kappa shape index (κ1) is 20.6. The Morgan fingerprint density at radius 1 is 0.963 bits per heavy atom. The summed E-state index contributed by atoms with van der Waals surface area (Å²) >= 11 is 0. The summed E-state index contributed by atoms with van der Waals surface area (Å²) in [5.74, 6) is 2.15. The fourth-order valence-electron chi connectivity index (χ4n) is 2.61. The average molecular weight is 371 g/mol. The van der Waals surface area contributed by atoms with Crippen LogP contribution in [0.2, 0.25) is 0 Å². The maximum atomic E-state index is 12.2. The molecule has 0 unspecified atom stereocenters. The van der Waals surface area contributed by atoms with Gasteiger partial charge in [0.2, 0.25) is 0 Å². The van der Waals surface area contributed by atoms with Crippen molar-refractivity contribution in [1.29, 1.82) is 0 Å². The van der Waals surface area contributed by atoms with Crippen molar-refractivity contribution in [1.82, 2.24) is 5.32 Å². The van der Waals surface area contributed by atoms with Crippen LogP contribution in [0.5, 0.6) is 17.2 Å². The Balaban J connectivity index is 1.72. The highest BCUT2D eigenvalue weighted by molar-refractivity contribution is 5.80. The zero-order chi connectivity index (χ0) is 19.6. The van der Waals surface area contributed by atoms with Gasteiger partial charge >= 0.3 is 0 Å². The lowest BCUT2D eigenvalue weighted by Gasteiger charge is -2.15. The van der Waals surface area contributed by atoms with Crippen molar-refractivity contribution in [3.8, 4) is 17.2 Å². The molecule has 0 aliphatic heterocycles. The number of benzene rings is 2. The number of ether oxygens (including phenoxy) is 3. The first-order valence-electron chi connectivity index (χ1n) is 9.32. The third-order valence-electron chi connectivity index (χ3n) is 3.95. The lowest BCUT2D eigenvalue weighted by molar-refractivity contribution is -0.127. The molecule has 0 heterocycles. The molecule has 0 saturated heterocycles. The van der Waals surface area contributed by atoms with Gasteiger partial charge in [0.15, 0.2) is 6.10 Å². The van der Waals surface area contributed by atoms with Crippen LogP contribution in [0.1, 0.15) is 32.8 Å². The van der Waals surface area contributed by atoms with E-state index >= 15 is 0 Å². The maximum Gasteiger partial charge on any atom is 0.260 e. The van der Waals surface area contributed by atoms with Crippen LogP contribution in [0.15, 0.2) is 48.5 Å². The van der Waals surface area contributed by atoms with E-state index in [1.165, 1.54) is 5.56 Å². The summed E-state index contributed by atoms with van der Waals surface area (Å²) in [5, 5.41) is 2.92. The zero-order valence-electron chi connectivity index (χ0n) is 16.5. The third kappa shape index (κ3) is 7.21. The van der Waals surface area contributed by atoms with Crippen LogP contribution in [0.25, 0.3) is 0 Å². The molecule has 5 heteroatoms. The third-order valence-corrected chi connectivity index (χ3v) is 3.95. The molecule has 146 valence electrons. The molecule has 0 spiro atoms. The molecule has 0 fully saturated rings. The van der Waals surface area contributed by atoms with Gasteiger partial charge in [0.05, 0.1) is 13.2 Å². The predicted molar refractivity (Wildman–Crippen MR) is 107 cm³/mol. The standard InChI is InChI=1S/C22H29NO4/c1-16(2)26-21-9-5-7-18(15-21)8-6-14-23-22(24)17(3)27-20-12-10-19(25-4)11-13-20/h5,7,9-13,15-17H,6,8,14H2,1-4H3,(H,23,24)/t17-/m0/s1. The number of nitrogens with one attached hydrogen (secondary N) is 1. The average Bonchev–Trinajstić information content (AvgIpc) is 2.65. The Hall–Kier alpha value is -2.69. The molecule has 0 bridgehead atoms. The Morgan fingerprint density at radius 3 is 2.33 bits per heavy atom. The van der Waals surface area contributed by atoms with Crippen molar-refractivity contribution in [2.24, 2.45) is 0 Å². The van der Waals surface area contributed by atoms with Gasteiger partial charge in [0.25, 0.3) is 5.91 Å². The predicted octanol–water partition coefficient (Wildman–Crippen LogP) is 4.00. The lowest BCUT2D eigenvalue weighted by atomic mass is 10.1. The minimum atomic E-state index is -0.554. The van der Waals surface area contributed by atoms with Crippen LogP contribution in [-0.2, 0) is 11.2 Å². The fraction of sp³-hybridized carbons (Fsp3) is 0.409. The van der Waals surface area contributed by atoms with E-state index in [0.29, 0.717) is 12.3 Å². The summed E-state index contributed by atoms with van der Waals surface area (Å²) in [6, 6.07) is 15.3. The topological polar surface area (TPSA) is 56.8 Å². The Labute approximate surface area is 161 Å². The molecule has 1 N–H and O–H groups in total. The van der Waals surface area contributed by atoms with Gasteiger partial charge in [-0.25, -0.2) is 0 Å². The number of rotatable bonds is 10. The number of carbonyl (C=O) groups excluding carboxylic acids is 1. The molecule has 27 heavy (non-hydrogen) atoms. The van der Waals surface area contributed by atoms with Gasteiger partial charge in [0, 0.05) is 6.54 Å². The van der Waals surface area contributed by atoms with Gasteiger partial charge in [-0.3, -0.25) is 4.79 Å². The maximum absolute atomic E-state index is 12.2. The van der Waals surface area contributed by atoms with Crippen LogP contribution in [0.4, 0.5) is 0 Å². The quantitative estimate of drug-likeness (QED) is 0.642.